The predicted octanol–water partition coefficient (Wildman–Crippen LogP) is -0.456. The molecule has 0 unspecified atom stereocenters. The van der Waals surface area contributed by atoms with Crippen LogP contribution in [0.25, 0.3) is 0 Å². The standard InChI is InChI=1S/C16H26N4O8/c1-25-15(23)19(11-5-3-7-17-9-11)27-13(21)14(22)28-20(16(24)26-2)12-6-4-8-18-10-12/h11-12,17-18H,3-10H2,1-2H3/t11-,12-/m1/s1. The predicted molar refractivity (Wildman–Crippen MR) is 92.5 cm³/mol. The number of ether oxygens (including phenoxy) is 2. The summed E-state index contributed by atoms with van der Waals surface area (Å²) in [5.74, 6) is -2.90. The largest absolute Gasteiger partial charge is 0.451 e. The van der Waals surface area contributed by atoms with E-state index in [0.717, 1.165) is 40.2 Å². The second-order valence-corrected chi connectivity index (χ2v) is 6.35. The summed E-state index contributed by atoms with van der Waals surface area (Å²) in [6.07, 6.45) is 0.793. The number of amides is 2. The quantitative estimate of drug-likeness (QED) is 0.461. The molecule has 12 heteroatoms. The first-order valence-corrected chi connectivity index (χ1v) is 9.08. The Morgan fingerprint density at radius 3 is 1.43 bits per heavy atom. The molecule has 2 aliphatic heterocycles. The van der Waals surface area contributed by atoms with Crippen molar-refractivity contribution in [3.8, 4) is 0 Å². The summed E-state index contributed by atoms with van der Waals surface area (Å²) in [7, 11) is 2.26. The zero-order chi connectivity index (χ0) is 20.5. The molecule has 158 valence electrons. The Kier molecular flexibility index (Phi) is 8.26. The zero-order valence-corrected chi connectivity index (χ0v) is 16.0. The Morgan fingerprint density at radius 2 is 1.14 bits per heavy atom. The molecule has 2 heterocycles. The molecule has 2 saturated heterocycles. The molecule has 0 aromatic rings. The van der Waals surface area contributed by atoms with Gasteiger partial charge in [-0.05, 0) is 38.8 Å². The van der Waals surface area contributed by atoms with Gasteiger partial charge < -0.3 is 29.8 Å². The van der Waals surface area contributed by atoms with Gasteiger partial charge in [0.05, 0.1) is 26.3 Å². The van der Waals surface area contributed by atoms with E-state index >= 15 is 0 Å². The molecule has 0 aromatic heterocycles. The van der Waals surface area contributed by atoms with Crippen molar-refractivity contribution >= 4 is 24.1 Å². The van der Waals surface area contributed by atoms with Gasteiger partial charge in [-0.3, -0.25) is 0 Å². The molecule has 2 rings (SSSR count). The molecule has 0 aromatic carbocycles. The van der Waals surface area contributed by atoms with Crippen LogP contribution >= 0.6 is 0 Å². The lowest BCUT2D eigenvalue weighted by molar-refractivity contribution is -0.217. The minimum Gasteiger partial charge on any atom is -0.451 e. The summed E-state index contributed by atoms with van der Waals surface area (Å²) in [4.78, 5) is 58.1. The highest BCUT2D eigenvalue weighted by atomic mass is 16.8. The average Bonchev–Trinajstić information content (AvgIpc) is 2.75. The summed E-state index contributed by atoms with van der Waals surface area (Å²) >= 11 is 0. The lowest BCUT2D eigenvalue weighted by Crippen LogP contribution is -2.52. The molecule has 2 aliphatic rings. The van der Waals surface area contributed by atoms with Crippen LogP contribution < -0.4 is 10.6 Å². The lowest BCUT2D eigenvalue weighted by Gasteiger charge is -2.32. The van der Waals surface area contributed by atoms with E-state index in [2.05, 4.69) is 20.1 Å². The Bertz CT molecular complexity index is 525. The third-order valence-electron chi connectivity index (χ3n) is 4.44. The number of hydroxylamine groups is 4. The van der Waals surface area contributed by atoms with Crippen LogP contribution in [0.4, 0.5) is 9.59 Å². The minimum atomic E-state index is -1.45. The number of nitrogens with zero attached hydrogens (tertiary/aromatic N) is 2. The molecular weight excluding hydrogens is 376 g/mol. The fraction of sp³-hybridized carbons (Fsp3) is 0.750. The fourth-order valence-electron chi connectivity index (χ4n) is 3.02. The van der Waals surface area contributed by atoms with Crippen molar-refractivity contribution in [1.82, 2.24) is 20.8 Å². The number of rotatable bonds is 2. The smallest absolute Gasteiger partial charge is 0.444 e. The Hall–Kier alpha value is -2.60. The summed E-state index contributed by atoms with van der Waals surface area (Å²) < 4.78 is 9.23. The minimum absolute atomic E-state index is 0.374. The highest BCUT2D eigenvalue weighted by molar-refractivity contribution is 6.29. The zero-order valence-electron chi connectivity index (χ0n) is 16.0. The second kappa shape index (κ2) is 10.7. The summed E-state index contributed by atoms with van der Waals surface area (Å²) in [5, 5.41) is 7.54. The Balaban J connectivity index is 2.02. The van der Waals surface area contributed by atoms with Crippen LogP contribution in [-0.2, 0) is 28.7 Å². The normalized spacial score (nSPS) is 21.8. The van der Waals surface area contributed by atoms with E-state index < -0.39 is 36.2 Å². The van der Waals surface area contributed by atoms with Crippen LogP contribution in [-0.4, -0.2) is 86.7 Å². The average molecular weight is 402 g/mol. The molecule has 12 nitrogen and oxygen atoms in total. The topological polar surface area (TPSA) is 136 Å². The van der Waals surface area contributed by atoms with Crippen molar-refractivity contribution in [3.63, 3.8) is 0 Å². The number of nitrogens with one attached hydrogen (secondary N) is 2. The molecule has 2 amide bonds. The van der Waals surface area contributed by atoms with Gasteiger partial charge in [-0.25, -0.2) is 19.2 Å². The number of hydrogen-bond acceptors (Lipinski definition) is 10. The molecule has 2 atom stereocenters. The van der Waals surface area contributed by atoms with E-state index in [4.69, 9.17) is 9.68 Å². The first kappa shape index (κ1) is 21.7. The summed E-state index contributed by atoms with van der Waals surface area (Å²) in [5.41, 5.74) is 0. The van der Waals surface area contributed by atoms with Crippen LogP contribution in [0.5, 0.6) is 0 Å². The lowest BCUT2D eigenvalue weighted by atomic mass is 10.1. The maximum Gasteiger partial charge on any atom is 0.444 e. The van der Waals surface area contributed by atoms with Gasteiger partial charge in [0.25, 0.3) is 0 Å². The number of methoxy groups -OCH3 is 2. The SMILES string of the molecule is COC(=O)N(OC(=O)C(=O)ON(C(=O)OC)[C@@H]1CCCNC1)[C@@H]1CCCNC1. The van der Waals surface area contributed by atoms with Crippen molar-refractivity contribution in [1.29, 1.82) is 0 Å². The molecule has 28 heavy (non-hydrogen) atoms. The molecule has 0 saturated carbocycles. The van der Waals surface area contributed by atoms with E-state index in [-0.39, 0.29) is 0 Å². The van der Waals surface area contributed by atoms with E-state index in [1.165, 1.54) is 0 Å². The van der Waals surface area contributed by atoms with E-state index in [9.17, 15) is 19.2 Å². The highest BCUT2D eigenvalue weighted by Gasteiger charge is 2.36. The summed E-state index contributed by atoms with van der Waals surface area (Å²) in [6, 6.07) is -0.977. The number of piperidine rings is 2. The number of hydrogen-bond donors (Lipinski definition) is 2. The van der Waals surface area contributed by atoms with Crippen LogP contribution in [0.1, 0.15) is 25.7 Å². The maximum atomic E-state index is 12.2. The van der Waals surface area contributed by atoms with Gasteiger partial charge in [0, 0.05) is 13.1 Å². The van der Waals surface area contributed by atoms with Crippen molar-refractivity contribution in [3.05, 3.63) is 0 Å². The maximum absolute atomic E-state index is 12.2. The molecule has 2 N–H and O–H groups in total. The van der Waals surface area contributed by atoms with E-state index in [0.29, 0.717) is 36.1 Å². The van der Waals surface area contributed by atoms with E-state index in [1.54, 1.807) is 0 Å². The van der Waals surface area contributed by atoms with Crippen LogP contribution in [0.2, 0.25) is 0 Å². The first-order chi connectivity index (χ1) is 13.5. The van der Waals surface area contributed by atoms with Gasteiger partial charge in [0.2, 0.25) is 0 Å². The Labute approximate surface area is 162 Å². The summed E-state index contributed by atoms with van der Waals surface area (Å²) in [6.45, 7) is 2.29. The van der Waals surface area contributed by atoms with Gasteiger partial charge in [-0.1, -0.05) is 0 Å². The molecule has 0 aliphatic carbocycles. The monoisotopic (exact) mass is 402 g/mol. The number of carbonyl (C=O) groups excluding carboxylic acids is 4. The molecule has 0 radical (unpaired) electrons. The molecule has 0 bridgehead atoms. The van der Waals surface area contributed by atoms with Gasteiger partial charge in [0.15, 0.2) is 0 Å². The van der Waals surface area contributed by atoms with Crippen molar-refractivity contribution in [2.75, 3.05) is 40.4 Å². The van der Waals surface area contributed by atoms with Gasteiger partial charge in [-0.2, -0.15) is 0 Å². The van der Waals surface area contributed by atoms with Crippen molar-refractivity contribution in [2.24, 2.45) is 0 Å². The van der Waals surface area contributed by atoms with Crippen LogP contribution in [0.3, 0.4) is 0 Å². The second-order valence-electron chi connectivity index (χ2n) is 6.35. The van der Waals surface area contributed by atoms with Gasteiger partial charge >= 0.3 is 24.1 Å². The fourth-order valence-corrected chi connectivity index (χ4v) is 3.02. The third kappa shape index (κ3) is 5.70. The van der Waals surface area contributed by atoms with Crippen molar-refractivity contribution in [2.45, 2.75) is 37.8 Å². The van der Waals surface area contributed by atoms with Crippen LogP contribution in [0.15, 0.2) is 0 Å². The first-order valence-electron chi connectivity index (χ1n) is 9.08. The molecule has 2 fully saturated rings. The Morgan fingerprint density at radius 1 is 0.750 bits per heavy atom. The molecule has 0 spiro atoms. The van der Waals surface area contributed by atoms with Gasteiger partial charge in [-0.15, -0.1) is 10.1 Å². The third-order valence-corrected chi connectivity index (χ3v) is 4.44. The van der Waals surface area contributed by atoms with Gasteiger partial charge in [0.1, 0.15) is 0 Å². The highest BCUT2D eigenvalue weighted by Crippen LogP contribution is 2.15. The van der Waals surface area contributed by atoms with Crippen LogP contribution in [0, 0.1) is 0 Å². The van der Waals surface area contributed by atoms with Crippen molar-refractivity contribution < 1.29 is 38.3 Å². The molecular formula is C16H26N4O8. The van der Waals surface area contributed by atoms with E-state index in [1.807, 2.05) is 0 Å². The number of carbonyl (C=O) groups is 4.